The molecule has 74 valence electrons. The van der Waals surface area contributed by atoms with Gasteiger partial charge in [0.25, 0.3) is 5.56 Å². The Bertz CT molecular complexity index is 446. The zero-order valence-corrected chi connectivity index (χ0v) is 8.47. The van der Waals surface area contributed by atoms with Crippen molar-refractivity contribution in [3.63, 3.8) is 0 Å². The Morgan fingerprint density at radius 2 is 2.36 bits per heavy atom. The van der Waals surface area contributed by atoms with Crippen molar-refractivity contribution in [2.45, 2.75) is 11.8 Å². The molecule has 0 fully saturated rings. The highest BCUT2D eigenvalue weighted by molar-refractivity contribution is 7.99. The zero-order valence-electron chi connectivity index (χ0n) is 7.65. The smallest absolute Gasteiger partial charge is 0.289 e. The molecule has 0 aliphatic heterocycles. The number of nitriles is 1. The van der Waals surface area contributed by atoms with Crippen molar-refractivity contribution in [1.29, 1.82) is 5.26 Å². The first-order valence-electron chi connectivity index (χ1n) is 3.95. The highest BCUT2D eigenvalue weighted by atomic mass is 32.2. The number of aromatic nitrogens is 1. The first-order valence-corrected chi connectivity index (χ1v) is 4.93. The minimum Gasteiger partial charge on any atom is -0.384 e. The van der Waals surface area contributed by atoms with Crippen LogP contribution in [0, 0.1) is 11.3 Å². The second kappa shape index (κ2) is 4.07. The lowest BCUT2D eigenvalue weighted by Crippen LogP contribution is -2.31. The maximum atomic E-state index is 11.4. The van der Waals surface area contributed by atoms with Crippen LogP contribution in [-0.2, 0) is 0 Å². The van der Waals surface area contributed by atoms with Crippen molar-refractivity contribution in [2.24, 2.45) is 0 Å². The van der Waals surface area contributed by atoms with Crippen LogP contribution in [0.4, 0.5) is 5.82 Å². The quantitative estimate of drug-likeness (QED) is 0.534. The van der Waals surface area contributed by atoms with E-state index in [0.29, 0.717) is 4.90 Å². The van der Waals surface area contributed by atoms with Crippen molar-refractivity contribution in [2.75, 3.05) is 17.3 Å². The third kappa shape index (κ3) is 1.67. The third-order valence-electron chi connectivity index (χ3n) is 1.65. The molecule has 0 aliphatic rings. The molecule has 0 aromatic carbocycles. The van der Waals surface area contributed by atoms with Crippen molar-refractivity contribution in [1.82, 2.24) is 4.68 Å². The molecule has 0 atom stereocenters. The van der Waals surface area contributed by atoms with E-state index in [4.69, 9.17) is 16.8 Å². The second-order valence-electron chi connectivity index (χ2n) is 2.53. The predicted molar refractivity (Wildman–Crippen MR) is 56.4 cm³/mol. The van der Waals surface area contributed by atoms with Crippen molar-refractivity contribution in [3.05, 3.63) is 22.0 Å². The van der Waals surface area contributed by atoms with E-state index in [-0.39, 0.29) is 11.4 Å². The Hall–Kier alpha value is -1.61. The van der Waals surface area contributed by atoms with Gasteiger partial charge >= 0.3 is 0 Å². The second-order valence-corrected chi connectivity index (χ2v) is 3.83. The van der Waals surface area contributed by atoms with Gasteiger partial charge < -0.3 is 11.6 Å². The van der Waals surface area contributed by atoms with E-state index < -0.39 is 5.56 Å². The Balaban J connectivity index is 3.46. The van der Waals surface area contributed by atoms with Crippen LogP contribution in [0.5, 0.6) is 0 Å². The average Bonchev–Trinajstić information content (AvgIpc) is 2.16. The summed E-state index contributed by atoms with van der Waals surface area (Å²) in [4.78, 5) is 12.0. The van der Waals surface area contributed by atoms with E-state index >= 15 is 0 Å². The first kappa shape index (κ1) is 10.5. The van der Waals surface area contributed by atoms with Gasteiger partial charge in [0.15, 0.2) is 0 Å². The molecule has 0 bridgehead atoms. The van der Waals surface area contributed by atoms with Gasteiger partial charge in [0.2, 0.25) is 0 Å². The zero-order chi connectivity index (χ0) is 10.7. The molecule has 5 nitrogen and oxygen atoms in total. The fraction of sp³-hybridized carbons (Fsp3) is 0.250. The predicted octanol–water partition coefficient (Wildman–Crippen LogP) is 0.128. The number of hydrogen-bond donors (Lipinski definition) is 2. The normalized spacial score (nSPS) is 9.71. The molecule has 14 heavy (non-hydrogen) atoms. The van der Waals surface area contributed by atoms with Gasteiger partial charge in [0, 0.05) is 4.90 Å². The largest absolute Gasteiger partial charge is 0.384 e. The Kier molecular flexibility index (Phi) is 3.04. The van der Waals surface area contributed by atoms with Gasteiger partial charge in [-0.3, -0.25) is 4.79 Å². The van der Waals surface area contributed by atoms with Crippen LogP contribution in [0.25, 0.3) is 0 Å². The van der Waals surface area contributed by atoms with Gasteiger partial charge in [-0.2, -0.15) is 5.26 Å². The highest BCUT2D eigenvalue weighted by Gasteiger charge is 2.11. The Morgan fingerprint density at radius 1 is 1.71 bits per heavy atom. The molecule has 1 rings (SSSR count). The first-order chi connectivity index (χ1) is 6.61. The van der Waals surface area contributed by atoms with Gasteiger partial charge in [-0.1, -0.05) is 6.92 Å². The summed E-state index contributed by atoms with van der Waals surface area (Å²) >= 11 is 1.39. The van der Waals surface area contributed by atoms with Gasteiger partial charge in [0.1, 0.15) is 17.5 Å². The number of nitrogens with two attached hydrogens (primary N) is 2. The molecular weight excluding hydrogens is 200 g/mol. The van der Waals surface area contributed by atoms with Crippen LogP contribution in [0.2, 0.25) is 0 Å². The fourth-order valence-electron chi connectivity index (χ4n) is 0.991. The van der Waals surface area contributed by atoms with Crippen LogP contribution < -0.4 is 17.1 Å². The number of pyridine rings is 1. The summed E-state index contributed by atoms with van der Waals surface area (Å²) in [5, 5.41) is 8.77. The van der Waals surface area contributed by atoms with Crippen LogP contribution in [-0.4, -0.2) is 10.4 Å². The lowest BCUT2D eigenvalue weighted by Gasteiger charge is -2.06. The van der Waals surface area contributed by atoms with Crippen molar-refractivity contribution < 1.29 is 0 Å². The summed E-state index contributed by atoms with van der Waals surface area (Å²) in [6.45, 7) is 1.93. The van der Waals surface area contributed by atoms with Gasteiger partial charge in [-0.05, 0) is 11.8 Å². The minimum atomic E-state index is -0.552. The number of nitrogen functional groups attached to an aromatic ring is 2. The van der Waals surface area contributed by atoms with E-state index in [1.54, 1.807) is 0 Å². The monoisotopic (exact) mass is 210 g/mol. The molecule has 0 saturated heterocycles. The van der Waals surface area contributed by atoms with E-state index in [1.807, 2.05) is 13.0 Å². The van der Waals surface area contributed by atoms with E-state index in [0.717, 1.165) is 10.4 Å². The van der Waals surface area contributed by atoms with E-state index in [1.165, 1.54) is 17.8 Å². The molecule has 0 spiro atoms. The summed E-state index contributed by atoms with van der Waals surface area (Å²) in [6.07, 6.45) is 0. The maximum absolute atomic E-state index is 11.4. The average molecular weight is 210 g/mol. The number of nitrogens with zero attached hydrogens (tertiary/aromatic N) is 2. The molecule has 1 aromatic rings. The summed E-state index contributed by atoms with van der Waals surface area (Å²) in [7, 11) is 0. The van der Waals surface area contributed by atoms with Crippen LogP contribution >= 0.6 is 11.8 Å². The van der Waals surface area contributed by atoms with E-state index in [9.17, 15) is 4.79 Å². The van der Waals surface area contributed by atoms with Crippen molar-refractivity contribution in [3.8, 4) is 6.07 Å². The third-order valence-corrected chi connectivity index (χ3v) is 2.57. The molecule has 0 amide bonds. The summed E-state index contributed by atoms with van der Waals surface area (Å²) in [6, 6.07) is 3.36. The summed E-state index contributed by atoms with van der Waals surface area (Å²) in [5.74, 6) is 6.27. The highest BCUT2D eigenvalue weighted by Crippen LogP contribution is 2.21. The number of thioether (sulfide) groups is 1. The van der Waals surface area contributed by atoms with Crippen LogP contribution in [0.3, 0.4) is 0 Å². The SMILES string of the molecule is CCSc1cc(N)n(N)c(=O)c1C#N. The van der Waals surface area contributed by atoms with Gasteiger partial charge in [-0.15, -0.1) is 11.8 Å². The van der Waals surface area contributed by atoms with Gasteiger partial charge in [0.05, 0.1) is 0 Å². The Labute approximate surface area is 85.3 Å². The number of anilines is 1. The molecule has 0 saturated carbocycles. The number of hydrogen-bond acceptors (Lipinski definition) is 5. The number of rotatable bonds is 2. The molecule has 6 heteroatoms. The molecular formula is C8H10N4OS. The van der Waals surface area contributed by atoms with Crippen molar-refractivity contribution >= 4 is 17.6 Å². The van der Waals surface area contributed by atoms with Crippen LogP contribution in [0.15, 0.2) is 15.8 Å². The standard InChI is InChI=1S/C8H10N4OS/c1-2-14-6-3-7(10)12(11)8(13)5(6)4-9/h3H,2,10-11H2,1H3. The summed E-state index contributed by atoms with van der Waals surface area (Å²) < 4.78 is 0.776. The molecule has 4 N–H and O–H groups in total. The molecule has 1 aromatic heterocycles. The minimum absolute atomic E-state index is 0.0496. The molecule has 1 heterocycles. The molecule has 0 radical (unpaired) electrons. The topological polar surface area (TPSA) is 97.8 Å². The van der Waals surface area contributed by atoms with Gasteiger partial charge in [-0.25, -0.2) is 4.68 Å². The lowest BCUT2D eigenvalue weighted by atomic mass is 10.3. The molecule has 0 aliphatic carbocycles. The van der Waals surface area contributed by atoms with Crippen LogP contribution in [0.1, 0.15) is 12.5 Å². The fourth-order valence-corrected chi connectivity index (χ4v) is 1.78. The molecule has 0 unspecified atom stereocenters. The lowest BCUT2D eigenvalue weighted by molar-refractivity contribution is 0.928. The summed E-state index contributed by atoms with van der Waals surface area (Å²) in [5.41, 5.74) is 4.99. The Morgan fingerprint density at radius 3 is 2.86 bits per heavy atom. The maximum Gasteiger partial charge on any atom is 0.289 e. The van der Waals surface area contributed by atoms with E-state index in [2.05, 4.69) is 0 Å².